The van der Waals surface area contributed by atoms with E-state index >= 15 is 0 Å². The van der Waals surface area contributed by atoms with Crippen molar-refractivity contribution in [2.45, 2.75) is 53.6 Å². The molecule has 0 aliphatic heterocycles. The topological polar surface area (TPSA) is 105 Å². The molecule has 0 saturated carbocycles. The van der Waals surface area contributed by atoms with Gasteiger partial charge in [0.05, 0.1) is 24.0 Å². The number of benzene rings is 1. The summed E-state index contributed by atoms with van der Waals surface area (Å²) < 4.78 is 1.97. The third-order valence-corrected chi connectivity index (χ3v) is 5.63. The number of aromatic nitrogens is 4. The van der Waals surface area contributed by atoms with E-state index in [1.165, 1.54) is 0 Å². The summed E-state index contributed by atoms with van der Waals surface area (Å²) >= 11 is 6.40. The number of Topliss-reactive ketones (excluding diaryl/α,β-unsaturated/α-hetero) is 1. The molecule has 8 nitrogen and oxygen atoms in total. The molecule has 2 aromatic heterocycles. The number of imidazole rings is 1. The van der Waals surface area contributed by atoms with E-state index in [4.69, 9.17) is 11.6 Å². The van der Waals surface area contributed by atoms with Gasteiger partial charge in [0, 0.05) is 23.2 Å². The van der Waals surface area contributed by atoms with Gasteiger partial charge in [0.25, 0.3) is 0 Å². The number of aliphatic hydroxyl groups excluding tert-OH is 1. The molecule has 0 amide bonds. The van der Waals surface area contributed by atoms with Gasteiger partial charge in [0.1, 0.15) is 0 Å². The zero-order valence-corrected chi connectivity index (χ0v) is 20.1. The van der Waals surface area contributed by atoms with Crippen LogP contribution < -0.4 is 10.6 Å². The number of ketones is 1. The van der Waals surface area contributed by atoms with E-state index in [-0.39, 0.29) is 36.3 Å². The minimum Gasteiger partial charge on any atom is -0.394 e. The molecular weight excluding hydrogens is 428 g/mol. The Hall–Kier alpha value is -2.71. The van der Waals surface area contributed by atoms with E-state index in [0.29, 0.717) is 39.2 Å². The molecule has 0 unspecified atom stereocenters. The van der Waals surface area contributed by atoms with Crippen LogP contribution in [0.2, 0.25) is 5.02 Å². The summed E-state index contributed by atoms with van der Waals surface area (Å²) in [7, 11) is 0. The molecule has 3 rings (SSSR count). The molecule has 0 bridgehead atoms. The van der Waals surface area contributed by atoms with E-state index in [1.807, 2.05) is 32.3 Å². The van der Waals surface area contributed by atoms with Crippen LogP contribution in [0.1, 0.15) is 57.9 Å². The molecule has 0 spiro atoms. The van der Waals surface area contributed by atoms with Crippen molar-refractivity contribution in [3.8, 4) is 0 Å². The number of fused-ring (bicyclic) bond motifs is 1. The first-order chi connectivity index (χ1) is 15.1. The molecule has 0 fully saturated rings. The van der Waals surface area contributed by atoms with Gasteiger partial charge in [-0.25, -0.2) is 4.98 Å². The second-order valence-corrected chi connectivity index (χ2v) is 9.24. The first-order valence-corrected chi connectivity index (χ1v) is 11.2. The molecule has 3 N–H and O–H groups in total. The predicted molar refractivity (Wildman–Crippen MR) is 129 cm³/mol. The highest BCUT2D eigenvalue weighted by atomic mass is 35.5. The predicted octanol–water partition coefficient (Wildman–Crippen LogP) is 5.07. The maximum atomic E-state index is 12.3. The van der Waals surface area contributed by atoms with Crippen molar-refractivity contribution in [1.82, 2.24) is 19.5 Å². The fourth-order valence-electron chi connectivity index (χ4n) is 3.28. The van der Waals surface area contributed by atoms with E-state index in [2.05, 4.69) is 39.4 Å². The highest BCUT2D eigenvalue weighted by Crippen LogP contribution is 2.29. The fourth-order valence-corrected chi connectivity index (χ4v) is 3.55. The number of carbonyl (C=O) groups is 1. The van der Waals surface area contributed by atoms with E-state index in [9.17, 15) is 9.90 Å². The minimum absolute atomic E-state index is 0.00290. The Morgan fingerprint density at radius 3 is 2.44 bits per heavy atom. The first kappa shape index (κ1) is 23.9. The van der Waals surface area contributed by atoms with Crippen molar-refractivity contribution in [2.75, 3.05) is 17.2 Å². The fraction of sp³-hybridized carbons (Fsp3) is 0.478. The third kappa shape index (κ3) is 5.02. The number of anilines is 3. The number of halogens is 1. The molecule has 3 aromatic rings. The molecule has 0 saturated heterocycles. The normalized spacial score (nSPS) is 12.7. The van der Waals surface area contributed by atoms with Crippen LogP contribution in [-0.4, -0.2) is 43.1 Å². The SMILES string of the molecule is CC(C)C(=O)c1ccc(Nc2nc(N[C@H](CO)C(C)C)nc3c2ncn3C(C)C)cc1Cl. The van der Waals surface area contributed by atoms with Crippen LogP contribution in [0.25, 0.3) is 11.2 Å². The van der Waals surface area contributed by atoms with Crippen LogP contribution >= 0.6 is 11.6 Å². The Morgan fingerprint density at radius 2 is 1.88 bits per heavy atom. The van der Waals surface area contributed by atoms with Gasteiger partial charge in [-0.05, 0) is 38.0 Å². The molecule has 172 valence electrons. The van der Waals surface area contributed by atoms with Crippen LogP contribution in [0.15, 0.2) is 24.5 Å². The molecule has 0 aliphatic carbocycles. The summed E-state index contributed by atoms with van der Waals surface area (Å²) in [6.07, 6.45) is 1.74. The van der Waals surface area contributed by atoms with Gasteiger partial charge in [0.15, 0.2) is 22.8 Å². The Kier molecular flexibility index (Phi) is 7.36. The van der Waals surface area contributed by atoms with Gasteiger partial charge in [-0.15, -0.1) is 0 Å². The van der Waals surface area contributed by atoms with Crippen molar-refractivity contribution < 1.29 is 9.90 Å². The Balaban J connectivity index is 2.03. The van der Waals surface area contributed by atoms with Crippen molar-refractivity contribution in [3.05, 3.63) is 35.1 Å². The van der Waals surface area contributed by atoms with E-state index < -0.39 is 0 Å². The number of aliphatic hydroxyl groups is 1. The Morgan fingerprint density at radius 1 is 1.16 bits per heavy atom. The van der Waals surface area contributed by atoms with Gasteiger partial charge in [-0.3, -0.25) is 4.79 Å². The second-order valence-electron chi connectivity index (χ2n) is 8.83. The average Bonchev–Trinajstić information content (AvgIpc) is 3.16. The van der Waals surface area contributed by atoms with Gasteiger partial charge < -0.3 is 20.3 Å². The number of rotatable bonds is 9. The first-order valence-electron chi connectivity index (χ1n) is 10.8. The van der Waals surface area contributed by atoms with Gasteiger partial charge in [0.2, 0.25) is 5.95 Å². The zero-order valence-electron chi connectivity index (χ0n) is 19.3. The Bertz CT molecular complexity index is 1110. The zero-order chi connectivity index (χ0) is 23.6. The highest BCUT2D eigenvalue weighted by molar-refractivity contribution is 6.34. The summed E-state index contributed by atoms with van der Waals surface area (Å²) in [5.41, 5.74) is 2.48. The lowest BCUT2D eigenvalue weighted by molar-refractivity contribution is 0.0939. The lowest BCUT2D eigenvalue weighted by Gasteiger charge is -2.20. The van der Waals surface area contributed by atoms with Crippen molar-refractivity contribution in [3.63, 3.8) is 0 Å². The molecule has 1 atom stereocenters. The second kappa shape index (κ2) is 9.83. The highest BCUT2D eigenvalue weighted by Gasteiger charge is 2.19. The minimum atomic E-state index is -0.188. The van der Waals surface area contributed by atoms with Gasteiger partial charge in [-0.1, -0.05) is 39.3 Å². The molecule has 0 radical (unpaired) electrons. The van der Waals surface area contributed by atoms with E-state index in [0.717, 1.165) is 0 Å². The van der Waals surface area contributed by atoms with E-state index in [1.54, 1.807) is 24.5 Å². The Labute approximate surface area is 193 Å². The number of nitrogens with zero attached hydrogens (tertiary/aromatic N) is 4. The van der Waals surface area contributed by atoms with Crippen LogP contribution in [-0.2, 0) is 0 Å². The van der Waals surface area contributed by atoms with Crippen molar-refractivity contribution >= 4 is 46.0 Å². The van der Waals surface area contributed by atoms with Crippen molar-refractivity contribution in [2.24, 2.45) is 11.8 Å². The summed E-state index contributed by atoms with van der Waals surface area (Å²) in [6, 6.07) is 5.20. The standard InChI is InChI=1S/C23H31ClN6O2/c1-12(2)18(10-31)27-23-28-21(19-22(29-23)30(11-25-19)14(5)6)26-15-7-8-16(17(24)9-15)20(32)13(3)4/h7-9,11-14,18,31H,10H2,1-6H3,(H2,26,27,28,29)/t18-/m1/s1. The van der Waals surface area contributed by atoms with Crippen LogP contribution in [0, 0.1) is 11.8 Å². The maximum absolute atomic E-state index is 12.3. The quantitative estimate of drug-likeness (QED) is 0.384. The van der Waals surface area contributed by atoms with Crippen molar-refractivity contribution in [1.29, 1.82) is 0 Å². The summed E-state index contributed by atoms with van der Waals surface area (Å²) in [5, 5.41) is 16.6. The largest absolute Gasteiger partial charge is 0.394 e. The number of hydrogen-bond acceptors (Lipinski definition) is 7. The molecule has 0 aliphatic rings. The molecule has 32 heavy (non-hydrogen) atoms. The average molecular weight is 459 g/mol. The third-order valence-electron chi connectivity index (χ3n) is 5.32. The van der Waals surface area contributed by atoms with Crippen LogP contribution in [0.5, 0.6) is 0 Å². The van der Waals surface area contributed by atoms with Gasteiger partial charge in [-0.2, -0.15) is 9.97 Å². The summed E-state index contributed by atoms with van der Waals surface area (Å²) in [4.78, 5) is 26.1. The van der Waals surface area contributed by atoms with Crippen LogP contribution in [0.4, 0.5) is 17.5 Å². The maximum Gasteiger partial charge on any atom is 0.227 e. The smallest absolute Gasteiger partial charge is 0.227 e. The number of nitrogens with one attached hydrogen (secondary N) is 2. The summed E-state index contributed by atoms with van der Waals surface area (Å²) in [6.45, 7) is 11.8. The lowest BCUT2D eigenvalue weighted by atomic mass is 10.0. The molecule has 1 aromatic carbocycles. The molecular formula is C23H31ClN6O2. The van der Waals surface area contributed by atoms with Crippen LogP contribution in [0.3, 0.4) is 0 Å². The van der Waals surface area contributed by atoms with Gasteiger partial charge >= 0.3 is 0 Å². The lowest BCUT2D eigenvalue weighted by Crippen LogP contribution is -2.30. The number of hydrogen-bond donors (Lipinski definition) is 3. The summed E-state index contributed by atoms with van der Waals surface area (Å²) in [5.74, 6) is 0.957. The number of carbonyl (C=O) groups excluding carboxylic acids is 1. The molecule has 9 heteroatoms. The molecule has 2 heterocycles. The monoisotopic (exact) mass is 458 g/mol.